The highest BCUT2D eigenvalue weighted by Gasteiger charge is 2.15. The Labute approximate surface area is 164 Å². The summed E-state index contributed by atoms with van der Waals surface area (Å²) >= 11 is 0. The van der Waals surface area contributed by atoms with E-state index in [4.69, 9.17) is 4.74 Å². The van der Waals surface area contributed by atoms with Gasteiger partial charge < -0.3 is 10.1 Å². The average molecular weight is 398 g/mol. The average Bonchev–Trinajstić information content (AvgIpc) is 2.70. The fourth-order valence-electron chi connectivity index (χ4n) is 2.67. The summed E-state index contributed by atoms with van der Waals surface area (Å²) in [5.41, 5.74) is 3.39. The summed E-state index contributed by atoms with van der Waals surface area (Å²) in [6.45, 7) is 3.92. The second-order valence-electron chi connectivity index (χ2n) is 6.11. The van der Waals surface area contributed by atoms with Gasteiger partial charge in [-0.3, -0.25) is 4.72 Å². The quantitative estimate of drug-likeness (QED) is 0.627. The Balaban J connectivity index is 1.80. The van der Waals surface area contributed by atoms with Crippen molar-refractivity contribution in [3.05, 3.63) is 66.0 Å². The normalized spacial score (nSPS) is 11.1. The number of hydrogen-bond donors (Lipinski definition) is 2. The van der Waals surface area contributed by atoms with Gasteiger partial charge in [-0.2, -0.15) is 0 Å². The molecule has 0 amide bonds. The first-order valence-electron chi connectivity index (χ1n) is 8.78. The number of rotatable bonds is 7. The van der Waals surface area contributed by atoms with Gasteiger partial charge in [-0.1, -0.05) is 13.0 Å². The Hall–Kier alpha value is -3.13. The second kappa shape index (κ2) is 8.26. The van der Waals surface area contributed by atoms with Crippen LogP contribution in [0.2, 0.25) is 0 Å². The summed E-state index contributed by atoms with van der Waals surface area (Å²) < 4.78 is 32.7. The zero-order valence-corrected chi connectivity index (χ0v) is 16.7. The molecule has 0 fully saturated rings. The number of sulfonamides is 1. The zero-order chi connectivity index (χ0) is 20.1. The van der Waals surface area contributed by atoms with Crippen molar-refractivity contribution in [1.82, 2.24) is 9.97 Å². The van der Waals surface area contributed by atoms with Gasteiger partial charge in [0.2, 0.25) is 5.88 Å². The molecule has 8 heteroatoms. The summed E-state index contributed by atoms with van der Waals surface area (Å²) in [5, 5.41) is 3.28. The van der Waals surface area contributed by atoms with Crippen LogP contribution in [0.25, 0.3) is 0 Å². The molecule has 0 bridgehead atoms. The number of aryl methyl sites for hydroxylation is 2. The maximum atomic E-state index is 12.5. The van der Waals surface area contributed by atoms with Crippen molar-refractivity contribution in [2.45, 2.75) is 25.2 Å². The van der Waals surface area contributed by atoms with Crippen molar-refractivity contribution >= 4 is 27.2 Å². The molecule has 3 aromatic rings. The molecule has 28 heavy (non-hydrogen) atoms. The number of pyridine rings is 2. The van der Waals surface area contributed by atoms with Crippen LogP contribution in [0.4, 0.5) is 17.2 Å². The minimum atomic E-state index is -3.70. The van der Waals surface area contributed by atoms with Crippen LogP contribution in [-0.2, 0) is 16.4 Å². The predicted molar refractivity (Wildman–Crippen MR) is 110 cm³/mol. The van der Waals surface area contributed by atoms with Gasteiger partial charge in [-0.05, 0) is 55.8 Å². The lowest BCUT2D eigenvalue weighted by atomic mass is 10.1. The minimum absolute atomic E-state index is 0.155. The first-order valence-corrected chi connectivity index (χ1v) is 10.3. The number of methoxy groups -OCH3 is 1. The lowest BCUT2D eigenvalue weighted by Gasteiger charge is -2.14. The standard InChI is InChI=1S/C20H22N4O3S/c1-4-15-13-18(14(2)22-20(15)27-3)23-16-8-10-17(11-9-16)28(25,26)24-19-7-5-6-12-21-19/h5-13,23H,4H2,1-3H3,(H,21,24). The molecule has 0 spiro atoms. The van der Waals surface area contributed by atoms with Crippen LogP contribution in [0.1, 0.15) is 18.2 Å². The van der Waals surface area contributed by atoms with E-state index in [1.54, 1.807) is 49.6 Å². The fraction of sp³-hybridized carbons (Fsp3) is 0.200. The van der Waals surface area contributed by atoms with E-state index in [2.05, 4.69) is 20.0 Å². The molecule has 0 aliphatic heterocycles. The van der Waals surface area contributed by atoms with E-state index in [0.717, 1.165) is 29.1 Å². The van der Waals surface area contributed by atoms with Gasteiger partial charge in [0.15, 0.2) is 0 Å². The first kappa shape index (κ1) is 19.6. The molecule has 0 saturated carbocycles. The Morgan fingerprint density at radius 3 is 2.46 bits per heavy atom. The van der Waals surface area contributed by atoms with E-state index in [0.29, 0.717) is 5.88 Å². The summed E-state index contributed by atoms with van der Waals surface area (Å²) in [7, 11) is -2.10. The van der Waals surface area contributed by atoms with Crippen molar-refractivity contribution in [1.29, 1.82) is 0 Å². The van der Waals surface area contributed by atoms with E-state index in [1.165, 1.54) is 6.20 Å². The van der Waals surface area contributed by atoms with Crippen molar-refractivity contribution in [2.24, 2.45) is 0 Å². The second-order valence-corrected chi connectivity index (χ2v) is 7.80. The van der Waals surface area contributed by atoms with Crippen LogP contribution in [0.3, 0.4) is 0 Å². The Kier molecular flexibility index (Phi) is 5.79. The molecule has 7 nitrogen and oxygen atoms in total. The predicted octanol–water partition coefficient (Wildman–Crippen LogP) is 3.90. The topological polar surface area (TPSA) is 93.2 Å². The SMILES string of the molecule is CCc1cc(Nc2ccc(S(=O)(=O)Nc3ccccn3)cc2)c(C)nc1OC. The van der Waals surface area contributed by atoms with Crippen LogP contribution >= 0.6 is 0 Å². The van der Waals surface area contributed by atoms with Crippen LogP contribution in [0, 0.1) is 6.92 Å². The summed E-state index contributed by atoms with van der Waals surface area (Å²) in [4.78, 5) is 8.60. The van der Waals surface area contributed by atoms with Gasteiger partial charge >= 0.3 is 0 Å². The van der Waals surface area contributed by atoms with Crippen molar-refractivity contribution in [3.8, 4) is 5.88 Å². The van der Waals surface area contributed by atoms with Crippen LogP contribution in [0.15, 0.2) is 59.6 Å². The Bertz CT molecular complexity index is 1050. The highest BCUT2D eigenvalue weighted by atomic mass is 32.2. The smallest absolute Gasteiger partial charge is 0.263 e. The molecule has 2 N–H and O–H groups in total. The molecular weight excluding hydrogens is 376 g/mol. The molecule has 1 aromatic carbocycles. The molecular formula is C20H22N4O3S. The molecule has 0 unspecified atom stereocenters. The third-order valence-electron chi connectivity index (χ3n) is 4.17. The maximum absolute atomic E-state index is 12.5. The number of nitrogens with one attached hydrogen (secondary N) is 2. The number of hydrogen-bond acceptors (Lipinski definition) is 6. The van der Waals surface area contributed by atoms with E-state index in [9.17, 15) is 8.42 Å². The Morgan fingerprint density at radius 2 is 1.86 bits per heavy atom. The van der Waals surface area contributed by atoms with Gasteiger partial charge in [-0.25, -0.2) is 18.4 Å². The van der Waals surface area contributed by atoms with Crippen molar-refractivity contribution < 1.29 is 13.2 Å². The van der Waals surface area contributed by atoms with Gasteiger partial charge in [0, 0.05) is 17.4 Å². The Morgan fingerprint density at radius 1 is 1.11 bits per heavy atom. The largest absolute Gasteiger partial charge is 0.481 e. The number of aromatic nitrogens is 2. The molecule has 3 rings (SSSR count). The number of ether oxygens (including phenoxy) is 1. The molecule has 0 atom stereocenters. The van der Waals surface area contributed by atoms with E-state index in [1.807, 2.05) is 19.9 Å². The van der Waals surface area contributed by atoms with E-state index >= 15 is 0 Å². The molecule has 0 saturated heterocycles. The highest BCUT2D eigenvalue weighted by Crippen LogP contribution is 2.27. The number of nitrogens with zero attached hydrogens (tertiary/aromatic N) is 2. The van der Waals surface area contributed by atoms with E-state index in [-0.39, 0.29) is 10.7 Å². The molecule has 0 aliphatic rings. The van der Waals surface area contributed by atoms with Crippen molar-refractivity contribution in [3.63, 3.8) is 0 Å². The third kappa shape index (κ3) is 4.40. The minimum Gasteiger partial charge on any atom is -0.481 e. The third-order valence-corrected chi connectivity index (χ3v) is 5.54. The first-order chi connectivity index (χ1) is 13.4. The van der Waals surface area contributed by atoms with Crippen molar-refractivity contribution in [2.75, 3.05) is 17.1 Å². The molecule has 2 aromatic heterocycles. The van der Waals surface area contributed by atoms with E-state index < -0.39 is 10.0 Å². The highest BCUT2D eigenvalue weighted by molar-refractivity contribution is 7.92. The van der Waals surface area contributed by atoms with Crippen LogP contribution < -0.4 is 14.8 Å². The maximum Gasteiger partial charge on any atom is 0.263 e. The summed E-state index contributed by atoms with van der Waals surface area (Å²) in [6, 6.07) is 13.5. The monoisotopic (exact) mass is 398 g/mol. The summed E-state index contributed by atoms with van der Waals surface area (Å²) in [6.07, 6.45) is 2.32. The lowest BCUT2D eigenvalue weighted by molar-refractivity contribution is 0.392. The van der Waals surface area contributed by atoms with Gasteiger partial charge in [0.1, 0.15) is 5.82 Å². The van der Waals surface area contributed by atoms with Gasteiger partial charge in [0.25, 0.3) is 10.0 Å². The summed E-state index contributed by atoms with van der Waals surface area (Å²) in [5.74, 6) is 0.893. The van der Waals surface area contributed by atoms with Crippen LogP contribution in [0.5, 0.6) is 5.88 Å². The zero-order valence-electron chi connectivity index (χ0n) is 15.9. The lowest BCUT2D eigenvalue weighted by Crippen LogP contribution is -2.13. The molecule has 2 heterocycles. The van der Waals surface area contributed by atoms with Gasteiger partial charge in [-0.15, -0.1) is 0 Å². The number of benzene rings is 1. The molecule has 146 valence electrons. The van der Waals surface area contributed by atoms with Crippen LogP contribution in [-0.4, -0.2) is 25.5 Å². The molecule has 0 aliphatic carbocycles. The molecule has 0 radical (unpaired) electrons. The van der Waals surface area contributed by atoms with Gasteiger partial charge in [0.05, 0.1) is 23.4 Å². The number of anilines is 3. The fourth-order valence-corrected chi connectivity index (χ4v) is 3.68.